The van der Waals surface area contributed by atoms with Crippen molar-refractivity contribution < 1.29 is 9.53 Å². The van der Waals surface area contributed by atoms with Crippen LogP contribution in [0.3, 0.4) is 0 Å². The first-order chi connectivity index (χ1) is 7.31. The molecule has 2 aromatic heterocycles. The molecule has 0 aliphatic carbocycles. The summed E-state index contributed by atoms with van der Waals surface area (Å²) in [7, 11) is 1.33. The van der Waals surface area contributed by atoms with E-state index in [0.29, 0.717) is 10.7 Å². The third-order valence-electron chi connectivity index (χ3n) is 1.68. The lowest BCUT2D eigenvalue weighted by molar-refractivity contribution is 0.0600. The van der Waals surface area contributed by atoms with E-state index in [1.54, 1.807) is 24.8 Å². The minimum absolute atomic E-state index is 0.318. The van der Waals surface area contributed by atoms with Crippen molar-refractivity contribution in [2.24, 2.45) is 0 Å². The number of hydrogen-bond donors (Lipinski definition) is 0. The number of aromatic nitrogens is 3. The molecule has 0 aliphatic rings. The van der Waals surface area contributed by atoms with Crippen molar-refractivity contribution in [1.82, 2.24) is 15.0 Å². The summed E-state index contributed by atoms with van der Waals surface area (Å²) in [6.07, 6.45) is 6.38. The molecular weight excluding hydrogens is 214 g/mol. The van der Waals surface area contributed by atoms with E-state index in [1.807, 2.05) is 0 Å². The summed E-state index contributed by atoms with van der Waals surface area (Å²) in [5, 5.41) is 0.318. The zero-order valence-corrected chi connectivity index (χ0v) is 8.69. The van der Waals surface area contributed by atoms with Gasteiger partial charge in [0.05, 0.1) is 18.2 Å². The predicted molar refractivity (Wildman–Crippen MR) is 54.5 cm³/mol. The number of rotatable bonds is 2. The highest BCUT2D eigenvalue weighted by atomic mass is 32.1. The largest absolute Gasteiger partial charge is 0.464 e. The molecule has 0 aliphatic heterocycles. The van der Waals surface area contributed by atoms with Gasteiger partial charge in [-0.05, 0) is 0 Å². The number of methoxy groups -OCH3 is 1. The van der Waals surface area contributed by atoms with Gasteiger partial charge in [-0.1, -0.05) is 0 Å². The zero-order chi connectivity index (χ0) is 10.7. The van der Waals surface area contributed by atoms with Gasteiger partial charge in [-0.3, -0.25) is 9.97 Å². The summed E-state index contributed by atoms with van der Waals surface area (Å²) in [4.78, 5) is 23.9. The first kappa shape index (κ1) is 9.72. The van der Waals surface area contributed by atoms with Crippen molar-refractivity contribution in [3.63, 3.8) is 0 Å². The first-order valence-electron chi connectivity index (χ1n) is 4.12. The molecule has 0 bridgehead atoms. The second-order valence-corrected chi connectivity index (χ2v) is 3.64. The zero-order valence-electron chi connectivity index (χ0n) is 7.88. The topological polar surface area (TPSA) is 65.0 Å². The molecule has 6 heteroatoms. The Morgan fingerprint density at radius 3 is 2.87 bits per heavy atom. The number of hydrogen-bond acceptors (Lipinski definition) is 6. The molecule has 76 valence electrons. The van der Waals surface area contributed by atoms with Crippen molar-refractivity contribution in [3.8, 4) is 10.6 Å². The van der Waals surface area contributed by atoms with Crippen LogP contribution < -0.4 is 0 Å². The summed E-state index contributed by atoms with van der Waals surface area (Å²) in [6, 6.07) is 0. The first-order valence-corrected chi connectivity index (χ1v) is 4.93. The van der Waals surface area contributed by atoms with Crippen LogP contribution >= 0.6 is 11.3 Å². The van der Waals surface area contributed by atoms with E-state index in [-0.39, 0.29) is 0 Å². The molecule has 2 heterocycles. The van der Waals surface area contributed by atoms with Gasteiger partial charge in [0.25, 0.3) is 0 Å². The number of ether oxygens (including phenoxy) is 1. The van der Waals surface area contributed by atoms with Crippen LogP contribution in [0.15, 0.2) is 24.8 Å². The molecule has 0 saturated carbocycles. The fraction of sp³-hybridized carbons (Fsp3) is 0.111. The molecule has 0 spiro atoms. The molecular formula is C9H7N3O2S. The van der Waals surface area contributed by atoms with Gasteiger partial charge in [-0.2, -0.15) is 0 Å². The van der Waals surface area contributed by atoms with Crippen LogP contribution in [0, 0.1) is 0 Å². The Balaban J connectivity index is 2.32. The molecule has 0 aromatic carbocycles. The monoisotopic (exact) mass is 221 g/mol. The number of esters is 1. The van der Waals surface area contributed by atoms with E-state index < -0.39 is 5.97 Å². The second kappa shape index (κ2) is 4.14. The molecule has 0 radical (unpaired) electrons. The smallest absolute Gasteiger partial charge is 0.367 e. The van der Waals surface area contributed by atoms with Gasteiger partial charge < -0.3 is 4.74 Å². The SMILES string of the molecule is COC(=O)c1ncc(-c2cnccn2)s1. The van der Waals surface area contributed by atoms with Crippen LogP contribution in [0.4, 0.5) is 0 Å². The molecule has 0 unspecified atom stereocenters. The Kier molecular flexibility index (Phi) is 2.68. The quantitative estimate of drug-likeness (QED) is 0.717. The van der Waals surface area contributed by atoms with Crippen LogP contribution in [0.1, 0.15) is 9.80 Å². The summed E-state index contributed by atoms with van der Waals surface area (Å²) >= 11 is 1.23. The molecule has 5 nitrogen and oxygen atoms in total. The highest BCUT2D eigenvalue weighted by Crippen LogP contribution is 2.23. The average molecular weight is 221 g/mol. The van der Waals surface area contributed by atoms with E-state index in [2.05, 4.69) is 19.7 Å². The van der Waals surface area contributed by atoms with Gasteiger partial charge >= 0.3 is 5.97 Å². The second-order valence-electron chi connectivity index (χ2n) is 2.61. The Morgan fingerprint density at radius 1 is 1.33 bits per heavy atom. The third kappa shape index (κ3) is 1.99. The van der Waals surface area contributed by atoms with Crippen LogP contribution in [-0.2, 0) is 4.74 Å². The van der Waals surface area contributed by atoms with Crippen molar-refractivity contribution in [2.45, 2.75) is 0 Å². The van der Waals surface area contributed by atoms with Crippen LogP contribution in [0.2, 0.25) is 0 Å². The van der Waals surface area contributed by atoms with E-state index >= 15 is 0 Å². The molecule has 2 rings (SSSR count). The highest BCUT2D eigenvalue weighted by molar-refractivity contribution is 7.16. The number of thiazole rings is 1. The fourth-order valence-electron chi connectivity index (χ4n) is 1.00. The van der Waals surface area contributed by atoms with E-state index in [4.69, 9.17) is 0 Å². The average Bonchev–Trinajstić information content (AvgIpc) is 2.78. The van der Waals surface area contributed by atoms with Crippen LogP contribution in [-0.4, -0.2) is 28.0 Å². The molecule has 0 N–H and O–H groups in total. The van der Waals surface area contributed by atoms with Crippen molar-refractivity contribution in [3.05, 3.63) is 29.8 Å². The third-order valence-corrected chi connectivity index (χ3v) is 2.68. The molecule has 15 heavy (non-hydrogen) atoms. The number of carbonyl (C=O) groups excluding carboxylic acids is 1. The summed E-state index contributed by atoms with van der Waals surface area (Å²) < 4.78 is 4.56. The maximum Gasteiger partial charge on any atom is 0.367 e. The highest BCUT2D eigenvalue weighted by Gasteiger charge is 2.12. The minimum atomic E-state index is -0.435. The van der Waals surface area contributed by atoms with E-state index in [1.165, 1.54) is 18.4 Å². The summed E-state index contributed by atoms with van der Waals surface area (Å²) in [5.74, 6) is -0.435. The van der Waals surface area contributed by atoms with Gasteiger partial charge in [0.1, 0.15) is 5.69 Å². The lowest BCUT2D eigenvalue weighted by Crippen LogP contribution is -1.98. The van der Waals surface area contributed by atoms with Gasteiger partial charge in [0, 0.05) is 18.6 Å². The Hall–Kier alpha value is -1.82. The molecule has 0 fully saturated rings. The Morgan fingerprint density at radius 2 is 2.20 bits per heavy atom. The molecule has 0 amide bonds. The minimum Gasteiger partial charge on any atom is -0.464 e. The van der Waals surface area contributed by atoms with E-state index in [9.17, 15) is 4.79 Å². The standard InChI is InChI=1S/C9H7N3O2S/c1-14-9(13)8-12-5-7(15-8)6-4-10-2-3-11-6/h2-5H,1H3. The predicted octanol–water partition coefficient (Wildman–Crippen LogP) is 1.39. The molecule has 2 aromatic rings. The number of carbonyl (C=O) groups is 1. The van der Waals surface area contributed by atoms with Gasteiger partial charge in [0.2, 0.25) is 5.01 Å². The molecule has 0 saturated heterocycles. The van der Waals surface area contributed by atoms with Gasteiger partial charge in [0.15, 0.2) is 0 Å². The Bertz CT molecular complexity index is 469. The van der Waals surface area contributed by atoms with Crippen molar-refractivity contribution >= 4 is 17.3 Å². The lowest BCUT2D eigenvalue weighted by atomic mass is 10.4. The van der Waals surface area contributed by atoms with Gasteiger partial charge in [-0.25, -0.2) is 9.78 Å². The maximum atomic E-state index is 11.1. The fourth-order valence-corrected chi connectivity index (χ4v) is 1.80. The lowest BCUT2D eigenvalue weighted by Gasteiger charge is -1.92. The number of nitrogens with zero attached hydrogens (tertiary/aromatic N) is 3. The van der Waals surface area contributed by atoms with Crippen molar-refractivity contribution in [1.29, 1.82) is 0 Å². The van der Waals surface area contributed by atoms with E-state index in [0.717, 1.165) is 4.88 Å². The van der Waals surface area contributed by atoms with Crippen molar-refractivity contribution in [2.75, 3.05) is 7.11 Å². The summed E-state index contributed by atoms with van der Waals surface area (Å²) in [6.45, 7) is 0. The van der Waals surface area contributed by atoms with Crippen LogP contribution in [0.5, 0.6) is 0 Å². The maximum absolute atomic E-state index is 11.1. The Labute approximate surface area is 89.8 Å². The van der Waals surface area contributed by atoms with Crippen LogP contribution in [0.25, 0.3) is 10.6 Å². The molecule has 0 atom stereocenters. The van der Waals surface area contributed by atoms with Gasteiger partial charge in [-0.15, -0.1) is 11.3 Å². The normalized spacial score (nSPS) is 9.93. The summed E-state index contributed by atoms with van der Waals surface area (Å²) in [5.41, 5.74) is 0.699.